The van der Waals surface area contributed by atoms with Gasteiger partial charge in [-0.2, -0.15) is 9.97 Å². The first-order chi connectivity index (χ1) is 13.7. The number of rotatable bonds is 2. The summed E-state index contributed by atoms with van der Waals surface area (Å²) in [5.74, 6) is 1.25. The highest BCUT2D eigenvalue weighted by atomic mass is 35.5. The lowest BCUT2D eigenvalue weighted by molar-refractivity contribution is -0.137. The van der Waals surface area contributed by atoms with Crippen LogP contribution in [-0.4, -0.2) is 56.4 Å². The van der Waals surface area contributed by atoms with E-state index in [-0.39, 0.29) is 16.6 Å². The van der Waals surface area contributed by atoms with Crippen LogP contribution in [0.3, 0.4) is 0 Å². The topological polar surface area (TPSA) is 78.0 Å². The molecule has 8 heteroatoms. The van der Waals surface area contributed by atoms with E-state index in [9.17, 15) is 4.79 Å². The fourth-order valence-electron chi connectivity index (χ4n) is 6.31. The molecule has 1 saturated carbocycles. The van der Waals surface area contributed by atoms with Crippen molar-refractivity contribution in [3.05, 3.63) is 11.6 Å². The maximum Gasteiger partial charge on any atom is 0.226 e. The molecule has 0 radical (unpaired) electrons. The molecule has 1 N–H and O–H groups in total. The Kier molecular flexibility index (Phi) is 4.32. The maximum atomic E-state index is 13.4. The smallest absolute Gasteiger partial charge is 0.226 e. The SMILES string of the molecule is CC1(C)C[C@H]2C[C@@](C)(CN2C(=O)C2CCN(c3nc(Cl)nc4nc[nH]c34)CC2)C1. The Morgan fingerprint density at radius 1 is 1.21 bits per heavy atom. The predicted octanol–water partition coefficient (Wildman–Crippen LogP) is 3.65. The quantitative estimate of drug-likeness (QED) is 0.756. The predicted molar refractivity (Wildman–Crippen MR) is 113 cm³/mol. The van der Waals surface area contributed by atoms with Gasteiger partial charge in [0.05, 0.1) is 6.33 Å². The van der Waals surface area contributed by atoms with E-state index in [1.165, 1.54) is 6.42 Å². The third-order valence-corrected chi connectivity index (χ3v) is 7.25. The number of likely N-dealkylation sites (tertiary alicyclic amines) is 1. The number of hydrogen-bond donors (Lipinski definition) is 1. The number of aromatic nitrogens is 4. The van der Waals surface area contributed by atoms with Crippen LogP contribution in [0.4, 0.5) is 5.82 Å². The van der Waals surface area contributed by atoms with Crippen molar-refractivity contribution in [3.63, 3.8) is 0 Å². The molecule has 2 aromatic rings. The molecule has 2 atom stereocenters. The minimum absolute atomic E-state index is 0.104. The van der Waals surface area contributed by atoms with E-state index in [1.807, 2.05) is 0 Å². The number of H-pyrrole nitrogens is 1. The van der Waals surface area contributed by atoms with Gasteiger partial charge in [-0.3, -0.25) is 4.79 Å². The fourth-order valence-corrected chi connectivity index (χ4v) is 6.47. The first-order valence-corrected chi connectivity index (χ1v) is 11.0. The van der Waals surface area contributed by atoms with Crippen molar-refractivity contribution in [3.8, 4) is 0 Å². The summed E-state index contributed by atoms with van der Waals surface area (Å²) in [5.41, 5.74) is 2.01. The van der Waals surface area contributed by atoms with Crippen LogP contribution in [0.25, 0.3) is 11.2 Å². The van der Waals surface area contributed by atoms with E-state index in [0.29, 0.717) is 23.0 Å². The fraction of sp³-hybridized carbons (Fsp3) is 0.714. The lowest BCUT2D eigenvalue weighted by atomic mass is 9.65. The van der Waals surface area contributed by atoms with Gasteiger partial charge in [-0.05, 0) is 54.5 Å². The molecule has 156 valence electrons. The minimum Gasteiger partial charge on any atom is -0.355 e. The number of halogens is 1. The van der Waals surface area contributed by atoms with Gasteiger partial charge in [0.2, 0.25) is 11.2 Å². The number of hydrogen-bond acceptors (Lipinski definition) is 5. The summed E-state index contributed by atoms with van der Waals surface area (Å²) >= 11 is 6.09. The molecule has 5 rings (SSSR count). The summed E-state index contributed by atoms with van der Waals surface area (Å²) in [4.78, 5) is 33.7. The second-order valence-electron chi connectivity index (χ2n) is 10.4. The highest BCUT2D eigenvalue weighted by Crippen LogP contribution is 2.52. The van der Waals surface area contributed by atoms with Crippen LogP contribution in [0.2, 0.25) is 5.28 Å². The Labute approximate surface area is 176 Å². The molecule has 1 aliphatic carbocycles. The molecule has 0 spiro atoms. The Balaban J connectivity index is 1.29. The van der Waals surface area contributed by atoms with Gasteiger partial charge in [0.25, 0.3) is 0 Å². The van der Waals surface area contributed by atoms with Gasteiger partial charge in [-0.25, -0.2) is 4.98 Å². The monoisotopic (exact) mass is 416 g/mol. The molecule has 4 heterocycles. The average Bonchev–Trinajstić information content (AvgIpc) is 3.21. The lowest BCUT2D eigenvalue weighted by Gasteiger charge is -2.40. The van der Waals surface area contributed by atoms with Crippen molar-refractivity contribution in [2.45, 2.75) is 58.9 Å². The van der Waals surface area contributed by atoms with Crippen LogP contribution in [0.5, 0.6) is 0 Å². The zero-order valence-electron chi connectivity index (χ0n) is 17.4. The van der Waals surface area contributed by atoms with E-state index < -0.39 is 0 Å². The van der Waals surface area contributed by atoms with E-state index in [0.717, 1.165) is 56.7 Å². The number of fused-ring (bicyclic) bond motifs is 3. The lowest BCUT2D eigenvalue weighted by Crippen LogP contribution is -2.45. The number of nitrogens with one attached hydrogen (secondary N) is 1. The van der Waals surface area contributed by atoms with Crippen molar-refractivity contribution in [2.75, 3.05) is 24.5 Å². The van der Waals surface area contributed by atoms with Gasteiger partial charge in [-0.15, -0.1) is 0 Å². The zero-order chi connectivity index (χ0) is 20.4. The minimum atomic E-state index is 0.104. The van der Waals surface area contributed by atoms with Gasteiger partial charge in [0, 0.05) is 31.6 Å². The van der Waals surface area contributed by atoms with Gasteiger partial charge in [0.1, 0.15) is 5.52 Å². The molecule has 1 amide bonds. The first-order valence-electron chi connectivity index (χ1n) is 10.7. The van der Waals surface area contributed by atoms with E-state index in [1.54, 1.807) is 6.33 Å². The number of carbonyl (C=O) groups is 1. The van der Waals surface area contributed by atoms with E-state index in [4.69, 9.17) is 11.6 Å². The van der Waals surface area contributed by atoms with Crippen LogP contribution in [0, 0.1) is 16.7 Å². The highest BCUT2D eigenvalue weighted by Gasteiger charge is 2.51. The number of nitrogens with zero attached hydrogens (tertiary/aromatic N) is 5. The molecule has 7 nitrogen and oxygen atoms in total. The molecule has 2 bridgehead atoms. The summed E-state index contributed by atoms with van der Waals surface area (Å²) in [5, 5.41) is 0.206. The molecular formula is C21H29ClN6O. The first kappa shape index (κ1) is 19.1. The second kappa shape index (κ2) is 6.56. The van der Waals surface area contributed by atoms with Gasteiger partial charge < -0.3 is 14.8 Å². The zero-order valence-corrected chi connectivity index (χ0v) is 18.2. The molecule has 3 fully saturated rings. The summed E-state index contributed by atoms with van der Waals surface area (Å²) < 4.78 is 0. The number of imidazole rings is 1. The third-order valence-electron chi connectivity index (χ3n) is 7.08. The summed E-state index contributed by atoms with van der Waals surface area (Å²) in [6.45, 7) is 9.58. The van der Waals surface area contributed by atoms with Gasteiger partial charge in [0.15, 0.2) is 11.5 Å². The van der Waals surface area contributed by atoms with Gasteiger partial charge in [-0.1, -0.05) is 20.8 Å². The number of amides is 1. The maximum absolute atomic E-state index is 13.4. The van der Waals surface area contributed by atoms with Gasteiger partial charge >= 0.3 is 0 Å². The molecule has 3 aliphatic rings. The van der Waals surface area contributed by atoms with Crippen LogP contribution >= 0.6 is 11.6 Å². The molecule has 2 saturated heterocycles. The Morgan fingerprint density at radius 2 is 1.97 bits per heavy atom. The van der Waals surface area contributed by atoms with Crippen molar-refractivity contribution in [1.29, 1.82) is 0 Å². The average molecular weight is 417 g/mol. The molecule has 2 aliphatic heterocycles. The van der Waals surface area contributed by atoms with Crippen LogP contribution in [0.15, 0.2) is 6.33 Å². The van der Waals surface area contributed by atoms with E-state index in [2.05, 4.69) is 50.5 Å². The summed E-state index contributed by atoms with van der Waals surface area (Å²) in [7, 11) is 0. The van der Waals surface area contributed by atoms with Crippen LogP contribution < -0.4 is 4.90 Å². The number of aromatic amines is 1. The van der Waals surface area contributed by atoms with E-state index >= 15 is 0 Å². The molecule has 29 heavy (non-hydrogen) atoms. The van der Waals surface area contributed by atoms with Crippen LogP contribution in [-0.2, 0) is 4.79 Å². The molecule has 0 aromatic carbocycles. The van der Waals surface area contributed by atoms with Crippen molar-refractivity contribution in [1.82, 2.24) is 24.8 Å². The normalized spacial score (nSPS) is 29.6. The van der Waals surface area contributed by atoms with Crippen molar-refractivity contribution < 1.29 is 4.79 Å². The number of anilines is 1. The molecule has 0 unspecified atom stereocenters. The van der Waals surface area contributed by atoms with Crippen LogP contribution in [0.1, 0.15) is 52.9 Å². The third kappa shape index (κ3) is 3.37. The second-order valence-corrected chi connectivity index (χ2v) is 10.7. The Hall–Kier alpha value is -1.89. The summed E-state index contributed by atoms with van der Waals surface area (Å²) in [6.07, 6.45) is 6.82. The highest BCUT2D eigenvalue weighted by molar-refractivity contribution is 6.28. The number of carbonyl (C=O) groups excluding carboxylic acids is 1. The molecule has 2 aromatic heterocycles. The standard InChI is InChI=1S/C21H29ClN6O/c1-20(2)8-14-9-21(3,10-20)11-28(14)18(29)13-4-6-27(7-5-13)17-15-16(24-12-23-15)25-19(22)26-17/h12-14H,4-11H2,1-3H3,(H,23,24,25,26)/t14-,21+/m0/s1. The number of piperidine rings is 1. The largest absolute Gasteiger partial charge is 0.355 e. The van der Waals surface area contributed by atoms with Crippen molar-refractivity contribution in [2.24, 2.45) is 16.7 Å². The van der Waals surface area contributed by atoms with Crippen molar-refractivity contribution >= 4 is 34.5 Å². The summed E-state index contributed by atoms with van der Waals surface area (Å²) in [6, 6.07) is 0.416. The Morgan fingerprint density at radius 3 is 2.72 bits per heavy atom. The molecular weight excluding hydrogens is 388 g/mol. The Bertz CT molecular complexity index is 950.